The second kappa shape index (κ2) is 6.45. The molecule has 0 rings (SSSR count). The zero-order valence-corrected chi connectivity index (χ0v) is 10.00. The molecule has 0 spiro atoms. The second-order valence-corrected chi connectivity index (χ2v) is 3.84. The Bertz CT molecular complexity index is 269. The lowest BCUT2D eigenvalue weighted by molar-refractivity contribution is -0.144. The van der Waals surface area contributed by atoms with E-state index >= 15 is 0 Å². The molecule has 0 heterocycles. The number of hydrogen-bond donors (Lipinski definition) is 0. The van der Waals surface area contributed by atoms with E-state index in [9.17, 15) is 9.59 Å². The Labute approximate surface area is 94.2 Å². The van der Waals surface area contributed by atoms with Crippen LogP contribution in [0.15, 0.2) is 11.1 Å². The lowest BCUT2D eigenvalue weighted by atomic mass is 10.4. The fourth-order valence-electron chi connectivity index (χ4n) is 0.699. The molecule has 0 aliphatic heterocycles. The number of esters is 2. The Hall–Kier alpha value is -1.03. The first-order chi connectivity index (χ1) is 6.82. The van der Waals surface area contributed by atoms with Gasteiger partial charge in [0.2, 0.25) is 0 Å². The predicted molar refractivity (Wildman–Crippen MR) is 56.4 cm³/mol. The smallest absolute Gasteiger partial charge is 0.350 e. The molecule has 0 bridgehead atoms. The van der Waals surface area contributed by atoms with E-state index in [-0.39, 0.29) is 17.2 Å². The van der Waals surface area contributed by atoms with E-state index in [0.29, 0.717) is 0 Å². The van der Waals surface area contributed by atoms with Crippen LogP contribution in [0.1, 0.15) is 27.7 Å². The van der Waals surface area contributed by atoms with Crippen LogP contribution in [0.3, 0.4) is 0 Å². The molecule has 86 valence electrons. The first-order valence-corrected chi connectivity index (χ1v) is 4.99. The van der Waals surface area contributed by atoms with Crippen LogP contribution < -0.4 is 0 Å². The minimum absolute atomic E-state index is 0.251. The van der Waals surface area contributed by atoms with Gasteiger partial charge in [0.05, 0.1) is 12.2 Å². The lowest BCUT2D eigenvalue weighted by Crippen LogP contribution is -2.14. The van der Waals surface area contributed by atoms with Gasteiger partial charge in [-0.15, -0.1) is 0 Å². The second-order valence-electron chi connectivity index (χ2n) is 3.43. The maximum absolute atomic E-state index is 11.1. The molecular weight excluding hydrogens is 220 g/mol. The number of halogens is 1. The Kier molecular flexibility index (Phi) is 6.01. The summed E-state index contributed by atoms with van der Waals surface area (Å²) in [6.07, 6.45) is 0.381. The standard InChI is InChI=1S/C10H15ClO4/c1-6(2)14-9(12)5-8(11)10(13)15-7(3)4/h5-7H,1-4H3/b8-5-. The number of hydrogen-bond acceptors (Lipinski definition) is 4. The van der Waals surface area contributed by atoms with E-state index in [1.165, 1.54) is 0 Å². The third kappa shape index (κ3) is 6.96. The van der Waals surface area contributed by atoms with Crippen LogP contribution in [-0.2, 0) is 19.1 Å². The highest BCUT2D eigenvalue weighted by Crippen LogP contribution is 2.07. The zero-order chi connectivity index (χ0) is 12.0. The summed E-state index contributed by atoms with van der Waals surface area (Å²) >= 11 is 5.54. The van der Waals surface area contributed by atoms with Gasteiger partial charge in [-0.3, -0.25) is 0 Å². The monoisotopic (exact) mass is 234 g/mol. The average molecular weight is 235 g/mol. The molecular formula is C10H15ClO4. The molecule has 0 saturated heterocycles. The molecule has 0 aromatic rings. The maximum Gasteiger partial charge on any atom is 0.350 e. The van der Waals surface area contributed by atoms with Crippen molar-refractivity contribution in [1.82, 2.24) is 0 Å². The van der Waals surface area contributed by atoms with Crippen molar-refractivity contribution in [2.75, 3.05) is 0 Å². The molecule has 0 aromatic carbocycles. The van der Waals surface area contributed by atoms with Gasteiger partial charge in [0.1, 0.15) is 5.03 Å². The highest BCUT2D eigenvalue weighted by atomic mass is 35.5. The van der Waals surface area contributed by atoms with E-state index < -0.39 is 11.9 Å². The highest BCUT2D eigenvalue weighted by molar-refractivity contribution is 6.42. The summed E-state index contributed by atoms with van der Waals surface area (Å²) in [5, 5.41) is -0.283. The molecule has 0 radical (unpaired) electrons. The van der Waals surface area contributed by atoms with Gasteiger partial charge in [-0.2, -0.15) is 0 Å². The van der Waals surface area contributed by atoms with Crippen LogP contribution in [0.4, 0.5) is 0 Å². The van der Waals surface area contributed by atoms with Crippen molar-refractivity contribution >= 4 is 23.5 Å². The third-order valence-electron chi connectivity index (χ3n) is 1.13. The van der Waals surface area contributed by atoms with E-state index in [1.807, 2.05) is 0 Å². The van der Waals surface area contributed by atoms with Crippen LogP contribution in [0.2, 0.25) is 0 Å². The van der Waals surface area contributed by atoms with E-state index in [4.69, 9.17) is 21.1 Å². The van der Waals surface area contributed by atoms with Gasteiger partial charge in [-0.05, 0) is 27.7 Å². The van der Waals surface area contributed by atoms with E-state index in [0.717, 1.165) is 6.08 Å². The fourth-order valence-corrected chi connectivity index (χ4v) is 0.833. The van der Waals surface area contributed by atoms with Crippen molar-refractivity contribution in [3.05, 3.63) is 11.1 Å². The number of rotatable bonds is 4. The molecule has 0 aromatic heterocycles. The quantitative estimate of drug-likeness (QED) is 0.552. The van der Waals surface area contributed by atoms with Gasteiger partial charge >= 0.3 is 11.9 Å². The fraction of sp³-hybridized carbons (Fsp3) is 0.600. The summed E-state index contributed by atoms with van der Waals surface area (Å²) in [6, 6.07) is 0. The average Bonchev–Trinajstić information content (AvgIpc) is 2.00. The van der Waals surface area contributed by atoms with Gasteiger partial charge in [0, 0.05) is 6.08 Å². The molecule has 15 heavy (non-hydrogen) atoms. The summed E-state index contributed by atoms with van der Waals surface area (Å²) in [7, 11) is 0. The molecule has 4 nitrogen and oxygen atoms in total. The Morgan fingerprint density at radius 2 is 1.53 bits per heavy atom. The van der Waals surface area contributed by atoms with Crippen molar-refractivity contribution in [2.45, 2.75) is 39.9 Å². The van der Waals surface area contributed by atoms with Crippen molar-refractivity contribution in [3.8, 4) is 0 Å². The molecule has 5 heteroatoms. The van der Waals surface area contributed by atoms with Crippen LogP contribution in [0.5, 0.6) is 0 Å². The minimum Gasteiger partial charge on any atom is -0.460 e. The van der Waals surface area contributed by atoms with Gasteiger partial charge < -0.3 is 9.47 Å². The van der Waals surface area contributed by atoms with E-state index in [1.54, 1.807) is 27.7 Å². The Balaban J connectivity index is 4.29. The SMILES string of the molecule is CC(C)OC(=O)/C=C(\Cl)C(=O)OC(C)C. The summed E-state index contributed by atoms with van der Waals surface area (Å²) < 4.78 is 9.54. The molecule has 0 fully saturated rings. The van der Waals surface area contributed by atoms with Crippen LogP contribution >= 0.6 is 11.6 Å². The third-order valence-corrected chi connectivity index (χ3v) is 1.40. The first-order valence-electron chi connectivity index (χ1n) is 4.61. The lowest BCUT2D eigenvalue weighted by Gasteiger charge is -2.07. The minimum atomic E-state index is -0.729. The number of carbonyl (C=O) groups excluding carboxylic acids is 2. The van der Waals surface area contributed by atoms with E-state index in [2.05, 4.69) is 0 Å². The van der Waals surface area contributed by atoms with Gasteiger partial charge in [-0.25, -0.2) is 9.59 Å². The number of ether oxygens (including phenoxy) is 2. The van der Waals surface area contributed by atoms with Crippen LogP contribution in [0, 0.1) is 0 Å². The van der Waals surface area contributed by atoms with Crippen LogP contribution in [0.25, 0.3) is 0 Å². The molecule has 0 aliphatic carbocycles. The Morgan fingerprint density at radius 1 is 1.07 bits per heavy atom. The predicted octanol–water partition coefficient (Wildman–Crippen LogP) is 2.01. The van der Waals surface area contributed by atoms with Crippen molar-refractivity contribution < 1.29 is 19.1 Å². The largest absolute Gasteiger partial charge is 0.460 e. The van der Waals surface area contributed by atoms with Crippen molar-refractivity contribution in [1.29, 1.82) is 0 Å². The van der Waals surface area contributed by atoms with Gasteiger partial charge in [-0.1, -0.05) is 11.6 Å². The summed E-state index contributed by atoms with van der Waals surface area (Å²) in [6.45, 7) is 6.78. The highest BCUT2D eigenvalue weighted by Gasteiger charge is 2.13. The summed E-state index contributed by atoms with van der Waals surface area (Å²) in [4.78, 5) is 22.2. The summed E-state index contributed by atoms with van der Waals surface area (Å²) in [5.41, 5.74) is 0. The van der Waals surface area contributed by atoms with Gasteiger partial charge in [0.25, 0.3) is 0 Å². The maximum atomic E-state index is 11.1. The Morgan fingerprint density at radius 3 is 1.93 bits per heavy atom. The van der Waals surface area contributed by atoms with Crippen molar-refractivity contribution in [3.63, 3.8) is 0 Å². The summed E-state index contributed by atoms with van der Waals surface area (Å²) in [5.74, 6) is -1.39. The van der Waals surface area contributed by atoms with Crippen LogP contribution in [-0.4, -0.2) is 24.1 Å². The molecule has 0 aliphatic rings. The zero-order valence-electron chi connectivity index (χ0n) is 9.24. The molecule has 0 unspecified atom stereocenters. The normalized spacial score (nSPS) is 11.8. The molecule has 0 N–H and O–H groups in total. The first kappa shape index (κ1) is 14.0. The molecule has 0 atom stereocenters. The number of carbonyl (C=O) groups is 2. The molecule has 0 saturated carbocycles. The van der Waals surface area contributed by atoms with Crippen molar-refractivity contribution in [2.24, 2.45) is 0 Å². The van der Waals surface area contributed by atoms with Gasteiger partial charge in [0.15, 0.2) is 0 Å². The topological polar surface area (TPSA) is 52.6 Å². The molecule has 0 amide bonds.